The number of imidazole rings is 1. The maximum Gasteiger partial charge on any atom is 0.159 e. The van der Waals surface area contributed by atoms with Gasteiger partial charge in [0.25, 0.3) is 0 Å². The third-order valence-electron chi connectivity index (χ3n) is 5.50. The normalized spacial score (nSPS) is 13.0. The number of aryl methyl sites for hydroxylation is 2. The summed E-state index contributed by atoms with van der Waals surface area (Å²) in [5.74, 6) is 0.674. The molecule has 4 rings (SSSR count). The smallest absolute Gasteiger partial charge is 0.159 e. The standard InChI is InChI=1S/C27H28N6S/c1-8-9-21(24-13-12-23(34-24)16(2)3)26-19(6)29-27(30-26)25-18(5)22(31-32-25)11-10-17(4)20-14-28-33(7)15-20/h8-15,31H,1-2,5H2,3-4,6-7H3,(H,29,30)/b17-10+,21-9-,22-11+. The van der Waals surface area contributed by atoms with Crippen LogP contribution in [0.5, 0.6) is 0 Å². The van der Waals surface area contributed by atoms with E-state index in [9.17, 15) is 0 Å². The van der Waals surface area contributed by atoms with E-state index in [4.69, 9.17) is 4.98 Å². The summed E-state index contributed by atoms with van der Waals surface area (Å²) in [6.07, 6.45) is 11.6. The summed E-state index contributed by atoms with van der Waals surface area (Å²) in [6, 6.07) is 4.19. The van der Waals surface area contributed by atoms with Gasteiger partial charge in [0.1, 0.15) is 5.69 Å². The van der Waals surface area contributed by atoms with Gasteiger partial charge in [-0.15, -0.1) is 11.3 Å². The predicted molar refractivity (Wildman–Crippen MR) is 143 cm³/mol. The van der Waals surface area contributed by atoms with E-state index >= 15 is 0 Å². The van der Waals surface area contributed by atoms with E-state index in [0.29, 0.717) is 11.5 Å². The zero-order chi connectivity index (χ0) is 24.4. The molecule has 0 fully saturated rings. The fourth-order valence-corrected chi connectivity index (χ4v) is 4.54. The Balaban J connectivity index is 1.70. The lowest BCUT2D eigenvalue weighted by Gasteiger charge is -2.02. The highest BCUT2D eigenvalue weighted by Gasteiger charge is 2.17. The first kappa shape index (κ1) is 23.2. The third kappa shape index (κ3) is 4.56. The SMILES string of the molecule is C=C/C=C(/c1ccc(C(=C)C)s1)c1nc(-c2n[nH]/c(=C/C=C(\C)c3cnn(C)c3)c2=C)[nH]c1C. The summed E-state index contributed by atoms with van der Waals surface area (Å²) in [7, 11) is 1.91. The van der Waals surface area contributed by atoms with E-state index in [1.165, 1.54) is 0 Å². The Bertz CT molecular complexity index is 1550. The van der Waals surface area contributed by atoms with Gasteiger partial charge in [-0.2, -0.15) is 10.2 Å². The van der Waals surface area contributed by atoms with E-state index < -0.39 is 0 Å². The van der Waals surface area contributed by atoms with Crippen molar-refractivity contribution in [3.63, 3.8) is 0 Å². The minimum atomic E-state index is 0.674. The minimum absolute atomic E-state index is 0.674. The van der Waals surface area contributed by atoms with E-state index in [-0.39, 0.29) is 0 Å². The molecule has 4 heterocycles. The number of H-pyrrole nitrogens is 2. The highest BCUT2D eigenvalue weighted by Crippen LogP contribution is 2.33. The van der Waals surface area contributed by atoms with Gasteiger partial charge < -0.3 is 4.98 Å². The van der Waals surface area contributed by atoms with Crippen molar-refractivity contribution >= 4 is 40.7 Å². The number of nitrogens with one attached hydrogen (secondary N) is 2. The van der Waals surface area contributed by atoms with Gasteiger partial charge in [-0.1, -0.05) is 38.0 Å². The Hall–Kier alpha value is -3.97. The molecule has 0 bridgehead atoms. The summed E-state index contributed by atoms with van der Waals surface area (Å²) >= 11 is 1.69. The fraction of sp³-hybridized carbons (Fsp3) is 0.148. The Morgan fingerprint density at radius 1 is 1.18 bits per heavy atom. The monoisotopic (exact) mass is 468 g/mol. The minimum Gasteiger partial charge on any atom is -0.340 e. The summed E-state index contributed by atoms with van der Waals surface area (Å²) < 4.78 is 1.79. The van der Waals surface area contributed by atoms with Gasteiger partial charge >= 0.3 is 0 Å². The topological polar surface area (TPSA) is 75.2 Å². The first-order chi connectivity index (χ1) is 16.3. The van der Waals surface area contributed by atoms with Crippen LogP contribution in [0.1, 0.15) is 40.6 Å². The maximum absolute atomic E-state index is 4.90. The molecule has 7 heteroatoms. The van der Waals surface area contributed by atoms with Gasteiger partial charge in [0.2, 0.25) is 0 Å². The van der Waals surface area contributed by atoms with E-state index in [2.05, 4.69) is 52.1 Å². The lowest BCUT2D eigenvalue weighted by molar-refractivity contribution is 0.767. The van der Waals surface area contributed by atoms with Crippen LogP contribution in [0.15, 0.2) is 55.9 Å². The third-order valence-corrected chi connectivity index (χ3v) is 6.78. The van der Waals surface area contributed by atoms with Crippen molar-refractivity contribution in [1.29, 1.82) is 0 Å². The van der Waals surface area contributed by atoms with Crippen molar-refractivity contribution in [1.82, 2.24) is 29.9 Å². The van der Waals surface area contributed by atoms with Gasteiger partial charge in [0.15, 0.2) is 5.82 Å². The van der Waals surface area contributed by atoms with Crippen molar-refractivity contribution in [2.75, 3.05) is 0 Å². The van der Waals surface area contributed by atoms with Crippen molar-refractivity contribution in [2.24, 2.45) is 7.05 Å². The van der Waals surface area contributed by atoms with E-state index in [1.54, 1.807) is 22.1 Å². The molecule has 0 aliphatic carbocycles. The number of aromatic amines is 2. The molecule has 0 atom stereocenters. The first-order valence-corrected chi connectivity index (χ1v) is 11.7. The molecule has 0 aliphatic heterocycles. The molecule has 0 aliphatic rings. The Kier molecular flexibility index (Phi) is 6.47. The second-order valence-electron chi connectivity index (χ2n) is 8.20. The molecule has 34 heavy (non-hydrogen) atoms. The molecule has 0 spiro atoms. The zero-order valence-electron chi connectivity index (χ0n) is 19.9. The number of thiophene rings is 1. The second-order valence-corrected chi connectivity index (χ2v) is 9.29. The van der Waals surface area contributed by atoms with Gasteiger partial charge in [-0.3, -0.25) is 9.78 Å². The lowest BCUT2D eigenvalue weighted by Crippen LogP contribution is -2.21. The average Bonchev–Trinajstić information content (AvgIpc) is 3.58. The van der Waals surface area contributed by atoms with Crippen molar-refractivity contribution in [3.05, 3.63) is 93.2 Å². The molecular weight excluding hydrogens is 440 g/mol. The number of aromatic nitrogens is 6. The Labute approximate surface area is 203 Å². The molecule has 0 aromatic carbocycles. The van der Waals surface area contributed by atoms with Crippen LogP contribution in [-0.2, 0) is 7.05 Å². The largest absolute Gasteiger partial charge is 0.340 e. The average molecular weight is 469 g/mol. The van der Waals surface area contributed by atoms with Crippen molar-refractivity contribution < 1.29 is 0 Å². The molecule has 4 aromatic rings. The highest BCUT2D eigenvalue weighted by atomic mass is 32.1. The van der Waals surface area contributed by atoms with Crippen LogP contribution in [-0.4, -0.2) is 29.9 Å². The molecule has 0 radical (unpaired) electrons. The van der Waals surface area contributed by atoms with Crippen LogP contribution in [0.2, 0.25) is 0 Å². The molecule has 0 saturated heterocycles. The molecular formula is C27H28N6S. The van der Waals surface area contributed by atoms with Crippen molar-refractivity contribution in [2.45, 2.75) is 20.8 Å². The van der Waals surface area contributed by atoms with Crippen LogP contribution >= 0.6 is 11.3 Å². The molecule has 172 valence electrons. The van der Waals surface area contributed by atoms with Gasteiger partial charge in [-0.25, -0.2) is 4.98 Å². The summed E-state index contributed by atoms with van der Waals surface area (Å²) in [5.41, 5.74) is 6.74. The van der Waals surface area contributed by atoms with Crippen LogP contribution < -0.4 is 10.6 Å². The molecule has 0 saturated carbocycles. The van der Waals surface area contributed by atoms with Gasteiger partial charge in [0.05, 0.1) is 17.2 Å². The highest BCUT2D eigenvalue weighted by molar-refractivity contribution is 7.14. The molecule has 0 amide bonds. The molecule has 6 nitrogen and oxygen atoms in total. The van der Waals surface area contributed by atoms with Crippen LogP contribution in [0.25, 0.3) is 40.9 Å². The number of hydrogen-bond donors (Lipinski definition) is 2. The van der Waals surface area contributed by atoms with Crippen LogP contribution in [0, 0.1) is 6.92 Å². The number of rotatable bonds is 7. The van der Waals surface area contributed by atoms with Crippen LogP contribution in [0.3, 0.4) is 0 Å². The summed E-state index contributed by atoms with van der Waals surface area (Å²) in [4.78, 5) is 10.5. The number of hydrogen-bond acceptors (Lipinski definition) is 4. The van der Waals surface area contributed by atoms with E-state index in [1.807, 2.05) is 58.4 Å². The summed E-state index contributed by atoms with van der Waals surface area (Å²) in [5, 5.41) is 13.4. The zero-order valence-corrected chi connectivity index (χ0v) is 20.8. The molecule has 4 aromatic heterocycles. The van der Waals surface area contributed by atoms with Gasteiger partial charge in [-0.05, 0) is 50.1 Å². The molecule has 0 unspecified atom stereocenters. The Morgan fingerprint density at radius 2 is 1.94 bits per heavy atom. The molecule has 2 N–H and O–H groups in total. The first-order valence-electron chi connectivity index (χ1n) is 10.9. The predicted octanol–water partition coefficient (Wildman–Crippen LogP) is 4.85. The lowest BCUT2D eigenvalue weighted by atomic mass is 10.1. The quantitative estimate of drug-likeness (QED) is 0.381. The van der Waals surface area contributed by atoms with Gasteiger partial charge in [0, 0.05) is 45.0 Å². The number of nitrogens with zero attached hydrogens (tertiary/aromatic N) is 4. The number of allylic oxidation sites excluding steroid dienone is 5. The summed E-state index contributed by atoms with van der Waals surface area (Å²) in [6.45, 7) is 18.3. The Morgan fingerprint density at radius 3 is 2.59 bits per heavy atom. The van der Waals surface area contributed by atoms with Crippen molar-refractivity contribution in [3.8, 4) is 11.5 Å². The second kappa shape index (κ2) is 9.49. The maximum atomic E-state index is 4.90. The fourth-order valence-electron chi connectivity index (χ4n) is 3.58. The van der Waals surface area contributed by atoms with E-state index in [0.717, 1.165) is 54.0 Å². The van der Waals surface area contributed by atoms with Crippen LogP contribution in [0.4, 0.5) is 0 Å².